The van der Waals surface area contributed by atoms with Crippen LogP contribution in [0.3, 0.4) is 0 Å². The molecule has 9 heteroatoms. The number of nitrogens with zero attached hydrogens (tertiary/aromatic N) is 3. The molecular formula is C19H20N4O4S. The van der Waals surface area contributed by atoms with Gasteiger partial charge in [-0.25, -0.2) is 12.7 Å². The van der Waals surface area contributed by atoms with Gasteiger partial charge in [-0.15, -0.1) is 0 Å². The van der Waals surface area contributed by atoms with E-state index in [9.17, 15) is 13.2 Å². The summed E-state index contributed by atoms with van der Waals surface area (Å²) in [4.78, 5) is 16.7. The molecule has 1 amide bonds. The lowest BCUT2D eigenvalue weighted by Gasteiger charge is -2.12. The quantitative estimate of drug-likeness (QED) is 0.680. The average Bonchev–Trinajstić information content (AvgIpc) is 3.15. The number of benzene rings is 2. The molecule has 0 aliphatic rings. The van der Waals surface area contributed by atoms with Crippen LogP contribution in [0.4, 0.5) is 0 Å². The molecule has 0 saturated heterocycles. The van der Waals surface area contributed by atoms with E-state index in [0.29, 0.717) is 5.82 Å². The van der Waals surface area contributed by atoms with E-state index in [2.05, 4.69) is 15.5 Å². The van der Waals surface area contributed by atoms with E-state index in [1.807, 2.05) is 31.2 Å². The van der Waals surface area contributed by atoms with E-state index >= 15 is 0 Å². The second-order valence-corrected chi connectivity index (χ2v) is 8.53. The van der Waals surface area contributed by atoms with Gasteiger partial charge in [-0.1, -0.05) is 41.1 Å². The van der Waals surface area contributed by atoms with Crippen molar-refractivity contribution in [2.75, 3.05) is 14.1 Å². The molecular weight excluding hydrogens is 380 g/mol. The summed E-state index contributed by atoms with van der Waals surface area (Å²) in [5, 5.41) is 6.56. The Balaban J connectivity index is 1.69. The number of hydrogen-bond donors (Lipinski definition) is 1. The minimum absolute atomic E-state index is 0.0301. The average molecular weight is 400 g/mol. The molecule has 0 aliphatic carbocycles. The molecule has 8 nitrogen and oxygen atoms in total. The standard InChI is InChI=1S/C19H20N4O4S/c1-13-7-9-14(10-8-13)18-21-17(27-22-18)12-20-19(24)15-5-4-6-16(11-15)28(25,26)23(2)3/h4-11H,12H2,1-3H3,(H,20,24). The van der Waals surface area contributed by atoms with Crippen molar-refractivity contribution in [3.63, 3.8) is 0 Å². The molecule has 0 fully saturated rings. The van der Waals surface area contributed by atoms with Gasteiger partial charge in [0.1, 0.15) is 0 Å². The van der Waals surface area contributed by atoms with Crippen LogP contribution < -0.4 is 5.32 Å². The second-order valence-electron chi connectivity index (χ2n) is 6.38. The van der Waals surface area contributed by atoms with Gasteiger partial charge in [-0.3, -0.25) is 4.79 Å². The Bertz CT molecular complexity index is 1090. The molecule has 146 valence electrons. The SMILES string of the molecule is Cc1ccc(-c2noc(CNC(=O)c3cccc(S(=O)(=O)N(C)C)c3)n2)cc1. The highest BCUT2D eigenvalue weighted by Gasteiger charge is 2.19. The highest BCUT2D eigenvalue weighted by Crippen LogP contribution is 2.17. The van der Waals surface area contributed by atoms with Gasteiger partial charge in [0.05, 0.1) is 11.4 Å². The summed E-state index contributed by atoms with van der Waals surface area (Å²) >= 11 is 0. The highest BCUT2D eigenvalue weighted by molar-refractivity contribution is 7.89. The van der Waals surface area contributed by atoms with Gasteiger partial charge < -0.3 is 9.84 Å². The van der Waals surface area contributed by atoms with Crippen LogP contribution in [-0.4, -0.2) is 42.9 Å². The number of nitrogens with one attached hydrogen (secondary N) is 1. The molecule has 1 heterocycles. The predicted octanol–water partition coefficient (Wildman–Crippen LogP) is 2.23. The van der Waals surface area contributed by atoms with Crippen molar-refractivity contribution in [1.82, 2.24) is 19.8 Å². The zero-order valence-electron chi connectivity index (χ0n) is 15.7. The first-order valence-corrected chi connectivity index (χ1v) is 9.92. The van der Waals surface area contributed by atoms with Crippen LogP contribution in [0, 0.1) is 6.92 Å². The third-order valence-corrected chi connectivity index (χ3v) is 5.86. The van der Waals surface area contributed by atoms with Gasteiger partial charge in [-0.05, 0) is 25.1 Å². The normalized spacial score (nSPS) is 11.6. The van der Waals surface area contributed by atoms with Crippen molar-refractivity contribution in [3.8, 4) is 11.4 Å². The van der Waals surface area contributed by atoms with E-state index in [0.717, 1.165) is 15.4 Å². The minimum atomic E-state index is -3.62. The lowest BCUT2D eigenvalue weighted by molar-refractivity contribution is 0.0946. The summed E-state index contributed by atoms with van der Waals surface area (Å²) in [6.45, 7) is 2.02. The summed E-state index contributed by atoms with van der Waals surface area (Å²) in [6, 6.07) is 13.5. The van der Waals surface area contributed by atoms with Gasteiger partial charge in [0.25, 0.3) is 5.91 Å². The fraction of sp³-hybridized carbons (Fsp3) is 0.211. The zero-order chi connectivity index (χ0) is 20.3. The maximum Gasteiger partial charge on any atom is 0.251 e. The number of amides is 1. The molecule has 0 aliphatic heterocycles. The minimum Gasteiger partial charge on any atom is -0.343 e. The summed E-state index contributed by atoms with van der Waals surface area (Å²) in [5.41, 5.74) is 2.16. The second kappa shape index (κ2) is 7.91. The molecule has 1 aromatic heterocycles. The highest BCUT2D eigenvalue weighted by atomic mass is 32.2. The van der Waals surface area contributed by atoms with E-state index in [1.54, 1.807) is 0 Å². The Kier molecular flexibility index (Phi) is 5.57. The van der Waals surface area contributed by atoms with Crippen molar-refractivity contribution >= 4 is 15.9 Å². The fourth-order valence-corrected chi connectivity index (χ4v) is 3.36. The van der Waals surface area contributed by atoms with E-state index in [-0.39, 0.29) is 22.9 Å². The lowest BCUT2D eigenvalue weighted by atomic mass is 10.1. The van der Waals surface area contributed by atoms with Crippen LogP contribution >= 0.6 is 0 Å². The van der Waals surface area contributed by atoms with Crippen molar-refractivity contribution in [3.05, 3.63) is 65.5 Å². The Labute approximate surface area is 163 Å². The largest absolute Gasteiger partial charge is 0.343 e. The molecule has 28 heavy (non-hydrogen) atoms. The van der Waals surface area contributed by atoms with Crippen LogP contribution in [0.5, 0.6) is 0 Å². The van der Waals surface area contributed by atoms with Crippen LogP contribution in [0.1, 0.15) is 21.8 Å². The topological polar surface area (TPSA) is 105 Å². The number of rotatable bonds is 6. The van der Waals surface area contributed by atoms with Crippen molar-refractivity contribution in [2.45, 2.75) is 18.4 Å². The Morgan fingerprint density at radius 2 is 1.86 bits per heavy atom. The monoisotopic (exact) mass is 400 g/mol. The lowest BCUT2D eigenvalue weighted by Crippen LogP contribution is -2.25. The van der Waals surface area contributed by atoms with Crippen molar-refractivity contribution in [2.24, 2.45) is 0 Å². The molecule has 3 aromatic rings. The molecule has 0 radical (unpaired) electrons. The van der Waals surface area contributed by atoms with Crippen LogP contribution in [0.15, 0.2) is 57.9 Å². The number of aryl methyl sites for hydroxylation is 1. The molecule has 1 N–H and O–H groups in total. The van der Waals surface area contributed by atoms with Crippen molar-refractivity contribution in [1.29, 1.82) is 0 Å². The van der Waals surface area contributed by atoms with E-state index < -0.39 is 15.9 Å². The van der Waals surface area contributed by atoms with Gasteiger partial charge in [-0.2, -0.15) is 4.98 Å². The van der Waals surface area contributed by atoms with Gasteiger partial charge >= 0.3 is 0 Å². The molecule has 0 spiro atoms. The smallest absolute Gasteiger partial charge is 0.251 e. The maximum atomic E-state index is 12.4. The number of carbonyl (C=O) groups is 1. The van der Waals surface area contributed by atoms with Gasteiger partial charge in [0.15, 0.2) is 0 Å². The first kappa shape index (κ1) is 19.7. The Morgan fingerprint density at radius 1 is 1.14 bits per heavy atom. The van der Waals surface area contributed by atoms with Crippen LogP contribution in [0.2, 0.25) is 0 Å². The van der Waals surface area contributed by atoms with Crippen molar-refractivity contribution < 1.29 is 17.7 Å². The first-order valence-electron chi connectivity index (χ1n) is 8.48. The predicted molar refractivity (Wildman–Crippen MR) is 103 cm³/mol. The Hall–Kier alpha value is -3.04. The molecule has 0 saturated carbocycles. The number of aromatic nitrogens is 2. The Morgan fingerprint density at radius 3 is 2.54 bits per heavy atom. The molecule has 0 unspecified atom stereocenters. The molecule has 0 atom stereocenters. The number of sulfonamides is 1. The number of hydrogen-bond acceptors (Lipinski definition) is 6. The zero-order valence-corrected chi connectivity index (χ0v) is 16.5. The summed E-state index contributed by atoms with van der Waals surface area (Å²) in [7, 11) is -0.750. The van der Waals surface area contributed by atoms with Gasteiger partial charge in [0.2, 0.25) is 21.7 Å². The third kappa shape index (κ3) is 4.26. The van der Waals surface area contributed by atoms with Crippen LogP contribution in [-0.2, 0) is 16.6 Å². The molecule has 2 aromatic carbocycles. The fourth-order valence-electron chi connectivity index (χ4n) is 2.41. The van der Waals surface area contributed by atoms with E-state index in [1.165, 1.54) is 38.4 Å². The summed E-state index contributed by atoms with van der Waals surface area (Å²) < 4.78 is 30.7. The van der Waals surface area contributed by atoms with E-state index in [4.69, 9.17) is 4.52 Å². The van der Waals surface area contributed by atoms with Gasteiger partial charge in [0, 0.05) is 25.2 Å². The molecule has 0 bridgehead atoms. The maximum absolute atomic E-state index is 12.4. The summed E-state index contributed by atoms with van der Waals surface area (Å²) in [5.74, 6) is 0.246. The first-order chi connectivity index (χ1) is 13.3. The number of carbonyl (C=O) groups excluding carboxylic acids is 1. The van der Waals surface area contributed by atoms with Crippen LogP contribution in [0.25, 0.3) is 11.4 Å². The summed E-state index contributed by atoms with van der Waals surface area (Å²) in [6.07, 6.45) is 0. The molecule has 3 rings (SSSR count). The third-order valence-electron chi connectivity index (χ3n) is 4.05.